The van der Waals surface area contributed by atoms with E-state index in [4.69, 9.17) is 0 Å². The van der Waals surface area contributed by atoms with E-state index in [1.807, 2.05) is 29.0 Å². The van der Waals surface area contributed by atoms with E-state index in [0.717, 1.165) is 11.3 Å². The summed E-state index contributed by atoms with van der Waals surface area (Å²) in [6.45, 7) is 6.93. The van der Waals surface area contributed by atoms with Crippen LogP contribution in [0.15, 0.2) is 49.3 Å². The summed E-state index contributed by atoms with van der Waals surface area (Å²) in [6.07, 6.45) is 8.83. The minimum Gasteiger partial charge on any atom is -0.335 e. The van der Waals surface area contributed by atoms with E-state index in [9.17, 15) is 4.79 Å². The maximum atomic E-state index is 12.6. The Balaban J connectivity index is 1.70. The molecule has 8 nitrogen and oxygen atoms in total. The monoisotopic (exact) mass is 367 g/mol. The summed E-state index contributed by atoms with van der Waals surface area (Å²) in [5.74, 6) is 0.613. The van der Waals surface area contributed by atoms with Gasteiger partial charge in [-0.05, 0) is 17.5 Å². The Morgan fingerprint density at radius 1 is 1.26 bits per heavy atom. The molecule has 1 atom stereocenters. The predicted octanol–water partition coefficient (Wildman–Crippen LogP) is 2.92. The van der Waals surface area contributed by atoms with Gasteiger partial charge in [-0.25, -0.2) is 9.78 Å². The summed E-state index contributed by atoms with van der Waals surface area (Å²) in [5, 5.41) is 10.4. The van der Waals surface area contributed by atoms with Gasteiger partial charge in [0, 0.05) is 50.0 Å². The third-order valence-electron chi connectivity index (χ3n) is 4.38. The van der Waals surface area contributed by atoms with Crippen molar-refractivity contribution in [3.63, 3.8) is 0 Å². The van der Waals surface area contributed by atoms with Gasteiger partial charge in [0.2, 0.25) is 0 Å². The molecule has 0 aliphatic rings. The SMILES string of the molecule is Cn1nc(-c2cccnc2)cc1NC(=O)N[C@@H](Cn1ccnc1)C(C)(C)C. The van der Waals surface area contributed by atoms with Gasteiger partial charge in [0.15, 0.2) is 0 Å². The summed E-state index contributed by atoms with van der Waals surface area (Å²) in [4.78, 5) is 20.8. The first-order valence-electron chi connectivity index (χ1n) is 8.80. The largest absolute Gasteiger partial charge is 0.335 e. The molecule has 0 radical (unpaired) electrons. The first-order valence-corrected chi connectivity index (χ1v) is 8.80. The van der Waals surface area contributed by atoms with Crippen molar-refractivity contribution in [2.45, 2.75) is 33.4 Å². The first kappa shape index (κ1) is 18.6. The first-order chi connectivity index (χ1) is 12.8. The molecule has 3 aromatic rings. The molecule has 0 aromatic carbocycles. The minimum absolute atomic E-state index is 0.0716. The van der Waals surface area contributed by atoms with E-state index >= 15 is 0 Å². The standard InChI is InChI=1S/C19H25N7O/c1-19(2,3)16(12-26-9-8-21-13-26)22-18(27)23-17-10-15(24-25(17)4)14-6-5-7-20-11-14/h5-11,13,16H,12H2,1-4H3,(H2,22,23,27)/t16-/m0/s1. The number of amides is 2. The highest BCUT2D eigenvalue weighted by molar-refractivity contribution is 5.89. The number of pyridine rings is 1. The van der Waals surface area contributed by atoms with E-state index in [1.165, 1.54) is 0 Å². The van der Waals surface area contributed by atoms with Crippen LogP contribution in [0.1, 0.15) is 20.8 Å². The Bertz CT molecular complexity index is 879. The molecular formula is C19H25N7O. The number of nitrogens with zero attached hydrogens (tertiary/aromatic N) is 5. The van der Waals surface area contributed by atoms with Gasteiger partial charge in [-0.3, -0.25) is 15.0 Å². The fourth-order valence-corrected chi connectivity index (χ4v) is 2.69. The van der Waals surface area contributed by atoms with Crippen LogP contribution < -0.4 is 10.6 Å². The second kappa shape index (κ2) is 7.61. The van der Waals surface area contributed by atoms with E-state index < -0.39 is 0 Å². The van der Waals surface area contributed by atoms with Crippen molar-refractivity contribution in [3.05, 3.63) is 49.3 Å². The lowest BCUT2D eigenvalue weighted by molar-refractivity contribution is 0.218. The molecule has 0 saturated heterocycles. The van der Waals surface area contributed by atoms with Crippen molar-refractivity contribution in [3.8, 4) is 11.3 Å². The highest BCUT2D eigenvalue weighted by Crippen LogP contribution is 2.22. The second-order valence-corrected chi connectivity index (χ2v) is 7.56. The van der Waals surface area contributed by atoms with Gasteiger partial charge in [0.05, 0.1) is 18.1 Å². The fourth-order valence-electron chi connectivity index (χ4n) is 2.69. The van der Waals surface area contributed by atoms with Crippen LogP contribution in [0.2, 0.25) is 0 Å². The van der Waals surface area contributed by atoms with Crippen LogP contribution in [0.4, 0.5) is 10.6 Å². The number of hydrogen-bond donors (Lipinski definition) is 2. The van der Waals surface area contributed by atoms with Crippen molar-refractivity contribution in [2.75, 3.05) is 5.32 Å². The Kier molecular flexibility index (Phi) is 5.25. The molecule has 2 N–H and O–H groups in total. The summed E-state index contributed by atoms with van der Waals surface area (Å²) in [5.41, 5.74) is 1.54. The summed E-state index contributed by atoms with van der Waals surface area (Å²) >= 11 is 0. The lowest BCUT2D eigenvalue weighted by Gasteiger charge is -2.31. The van der Waals surface area contributed by atoms with Crippen LogP contribution in [-0.2, 0) is 13.6 Å². The molecule has 3 rings (SSSR count). The van der Waals surface area contributed by atoms with Crippen molar-refractivity contribution in [2.24, 2.45) is 12.5 Å². The smallest absolute Gasteiger partial charge is 0.320 e. The highest BCUT2D eigenvalue weighted by atomic mass is 16.2. The number of carbonyl (C=O) groups is 1. The van der Waals surface area contributed by atoms with Crippen molar-refractivity contribution < 1.29 is 4.79 Å². The zero-order chi connectivity index (χ0) is 19.4. The third-order valence-corrected chi connectivity index (χ3v) is 4.38. The van der Waals surface area contributed by atoms with Gasteiger partial charge < -0.3 is 9.88 Å². The van der Waals surface area contributed by atoms with Crippen LogP contribution >= 0.6 is 0 Å². The van der Waals surface area contributed by atoms with Gasteiger partial charge in [0.1, 0.15) is 5.82 Å². The maximum Gasteiger partial charge on any atom is 0.320 e. The summed E-state index contributed by atoms with van der Waals surface area (Å²) in [6, 6.07) is 5.28. The number of urea groups is 1. The average molecular weight is 367 g/mol. The van der Waals surface area contributed by atoms with Gasteiger partial charge in [0.25, 0.3) is 0 Å². The number of rotatable bonds is 5. The lowest BCUT2D eigenvalue weighted by Crippen LogP contribution is -2.48. The molecule has 0 bridgehead atoms. The number of anilines is 1. The van der Waals surface area contributed by atoms with Crippen LogP contribution in [0, 0.1) is 5.41 Å². The Labute approximate surface area is 158 Å². The Morgan fingerprint density at radius 2 is 2.07 bits per heavy atom. The molecule has 0 aliphatic carbocycles. The Morgan fingerprint density at radius 3 is 2.70 bits per heavy atom. The topological polar surface area (TPSA) is 89.7 Å². The molecule has 27 heavy (non-hydrogen) atoms. The summed E-state index contributed by atoms with van der Waals surface area (Å²) in [7, 11) is 1.79. The molecule has 2 amide bonds. The highest BCUT2D eigenvalue weighted by Gasteiger charge is 2.27. The van der Waals surface area contributed by atoms with Crippen molar-refractivity contribution in [1.29, 1.82) is 0 Å². The molecule has 0 aliphatic heterocycles. The fraction of sp³-hybridized carbons (Fsp3) is 0.368. The van der Waals surface area contributed by atoms with Crippen molar-refractivity contribution >= 4 is 11.8 Å². The zero-order valence-electron chi connectivity index (χ0n) is 16.0. The number of imidazole rings is 1. The third kappa shape index (κ3) is 4.72. The van der Waals surface area contributed by atoms with E-state index in [1.54, 1.807) is 36.6 Å². The number of aryl methyl sites for hydroxylation is 1. The molecule has 3 heterocycles. The predicted molar refractivity (Wildman–Crippen MR) is 104 cm³/mol. The minimum atomic E-state index is -0.268. The van der Waals surface area contributed by atoms with Gasteiger partial charge in [-0.2, -0.15) is 5.10 Å². The zero-order valence-corrected chi connectivity index (χ0v) is 16.0. The maximum absolute atomic E-state index is 12.6. The second-order valence-electron chi connectivity index (χ2n) is 7.56. The van der Waals surface area contributed by atoms with E-state index in [2.05, 4.69) is 46.5 Å². The van der Waals surface area contributed by atoms with Gasteiger partial charge in [-0.15, -0.1) is 0 Å². The van der Waals surface area contributed by atoms with Crippen LogP contribution in [0.5, 0.6) is 0 Å². The molecule has 142 valence electrons. The van der Waals surface area contributed by atoms with E-state index in [-0.39, 0.29) is 17.5 Å². The van der Waals surface area contributed by atoms with Crippen LogP contribution in [0.25, 0.3) is 11.3 Å². The average Bonchev–Trinajstić information content (AvgIpc) is 3.25. The molecule has 0 spiro atoms. The van der Waals surface area contributed by atoms with Crippen LogP contribution in [-0.4, -0.2) is 36.4 Å². The molecule has 0 fully saturated rings. The normalized spacial score (nSPS) is 12.6. The number of aromatic nitrogens is 5. The van der Waals surface area contributed by atoms with Crippen LogP contribution in [0.3, 0.4) is 0 Å². The van der Waals surface area contributed by atoms with Crippen molar-refractivity contribution in [1.82, 2.24) is 29.6 Å². The lowest BCUT2D eigenvalue weighted by atomic mass is 9.86. The molecule has 3 aromatic heterocycles. The quantitative estimate of drug-likeness (QED) is 0.725. The molecule has 0 unspecified atom stereocenters. The Hall–Kier alpha value is -3.16. The number of nitrogens with one attached hydrogen (secondary N) is 2. The molecule has 0 saturated carbocycles. The molecular weight excluding hydrogens is 342 g/mol. The summed E-state index contributed by atoms with van der Waals surface area (Å²) < 4.78 is 3.60. The van der Waals surface area contributed by atoms with E-state index in [0.29, 0.717) is 12.4 Å². The van der Waals surface area contributed by atoms with Gasteiger partial charge in [-0.1, -0.05) is 20.8 Å². The van der Waals surface area contributed by atoms with Gasteiger partial charge >= 0.3 is 6.03 Å². The molecule has 8 heteroatoms. The number of carbonyl (C=O) groups excluding carboxylic acids is 1. The number of hydrogen-bond acceptors (Lipinski definition) is 4.